The van der Waals surface area contributed by atoms with Crippen LogP contribution >= 0.6 is 11.6 Å². The van der Waals surface area contributed by atoms with Gasteiger partial charge in [-0.2, -0.15) is 0 Å². The van der Waals surface area contributed by atoms with Gasteiger partial charge in [-0.3, -0.25) is 0 Å². The van der Waals surface area contributed by atoms with Gasteiger partial charge < -0.3 is 4.74 Å². The highest BCUT2D eigenvalue weighted by Gasteiger charge is 2.35. The maximum absolute atomic E-state index is 12.2. The summed E-state index contributed by atoms with van der Waals surface area (Å²) >= 11 is 5.71. The Kier molecular flexibility index (Phi) is 5.52. The molecule has 0 saturated heterocycles. The maximum Gasteiger partial charge on any atom is 0.212 e. The molecule has 0 radical (unpaired) electrons. The van der Waals surface area contributed by atoms with Gasteiger partial charge in [-0.1, -0.05) is 19.1 Å². The zero-order valence-corrected chi connectivity index (χ0v) is 14.0. The second-order valence-electron chi connectivity index (χ2n) is 5.75. The minimum Gasteiger partial charge on any atom is -0.497 e. The van der Waals surface area contributed by atoms with Crippen molar-refractivity contribution in [1.29, 1.82) is 0 Å². The molecule has 6 heteroatoms. The summed E-state index contributed by atoms with van der Waals surface area (Å²) in [5.41, 5.74) is 0.986. The molecule has 0 heterocycles. The molecule has 0 aliphatic heterocycles. The van der Waals surface area contributed by atoms with Crippen molar-refractivity contribution in [3.05, 3.63) is 29.8 Å². The Morgan fingerprint density at radius 3 is 2.43 bits per heavy atom. The van der Waals surface area contributed by atoms with Crippen molar-refractivity contribution in [3.8, 4) is 5.75 Å². The van der Waals surface area contributed by atoms with E-state index in [2.05, 4.69) is 4.72 Å². The largest absolute Gasteiger partial charge is 0.497 e. The van der Waals surface area contributed by atoms with Gasteiger partial charge >= 0.3 is 0 Å². The average molecular weight is 332 g/mol. The molecule has 1 aliphatic rings. The third-order valence-electron chi connectivity index (χ3n) is 3.64. The highest BCUT2D eigenvalue weighted by atomic mass is 35.5. The lowest BCUT2D eigenvalue weighted by Crippen LogP contribution is -2.34. The van der Waals surface area contributed by atoms with E-state index >= 15 is 0 Å². The first-order chi connectivity index (χ1) is 9.95. The van der Waals surface area contributed by atoms with Crippen molar-refractivity contribution in [2.75, 3.05) is 18.7 Å². The van der Waals surface area contributed by atoms with E-state index in [1.165, 1.54) is 0 Å². The molecule has 2 rings (SSSR count). The first-order valence-corrected chi connectivity index (χ1v) is 9.33. The number of ether oxygens (including phenoxy) is 1. The van der Waals surface area contributed by atoms with Crippen LogP contribution in [0.15, 0.2) is 24.3 Å². The Morgan fingerprint density at radius 1 is 1.33 bits per heavy atom. The lowest BCUT2D eigenvalue weighted by molar-refractivity contribution is 0.414. The van der Waals surface area contributed by atoms with Crippen LogP contribution in [-0.4, -0.2) is 27.2 Å². The molecular formula is C15H22ClNO3S. The third kappa shape index (κ3) is 4.87. The van der Waals surface area contributed by atoms with E-state index in [1.807, 2.05) is 31.2 Å². The molecule has 1 aromatic carbocycles. The van der Waals surface area contributed by atoms with Gasteiger partial charge in [0.25, 0.3) is 0 Å². The number of hydrogen-bond acceptors (Lipinski definition) is 3. The molecule has 2 atom stereocenters. The van der Waals surface area contributed by atoms with E-state index < -0.39 is 10.0 Å². The van der Waals surface area contributed by atoms with E-state index in [4.69, 9.17) is 16.3 Å². The van der Waals surface area contributed by atoms with Gasteiger partial charge in [-0.25, -0.2) is 13.1 Å². The number of benzene rings is 1. The molecule has 1 fully saturated rings. The summed E-state index contributed by atoms with van der Waals surface area (Å²) in [5, 5.41) is 0. The van der Waals surface area contributed by atoms with Crippen LogP contribution in [0.2, 0.25) is 0 Å². The number of sulfonamides is 1. The van der Waals surface area contributed by atoms with Crippen molar-refractivity contribution in [3.63, 3.8) is 0 Å². The van der Waals surface area contributed by atoms with Crippen LogP contribution in [0, 0.1) is 11.8 Å². The number of nitrogens with one attached hydrogen (secondary N) is 1. The normalized spacial score (nSPS) is 18.2. The number of halogens is 1. The predicted molar refractivity (Wildman–Crippen MR) is 85.3 cm³/mol. The molecule has 2 unspecified atom stereocenters. The van der Waals surface area contributed by atoms with Gasteiger partial charge in [0.1, 0.15) is 5.75 Å². The smallest absolute Gasteiger partial charge is 0.212 e. The summed E-state index contributed by atoms with van der Waals surface area (Å²) in [6.07, 6.45) is 2.12. The van der Waals surface area contributed by atoms with Crippen molar-refractivity contribution in [1.82, 2.24) is 4.72 Å². The van der Waals surface area contributed by atoms with Gasteiger partial charge in [0.05, 0.1) is 12.9 Å². The molecule has 1 aromatic rings. The van der Waals surface area contributed by atoms with E-state index in [0.29, 0.717) is 11.8 Å². The van der Waals surface area contributed by atoms with Gasteiger partial charge in [0, 0.05) is 11.9 Å². The van der Waals surface area contributed by atoms with Crippen molar-refractivity contribution < 1.29 is 13.2 Å². The second-order valence-corrected chi connectivity index (χ2v) is 7.85. The summed E-state index contributed by atoms with van der Waals surface area (Å²) in [6.45, 7) is 1.84. The Balaban J connectivity index is 2.12. The third-order valence-corrected chi connectivity index (χ3v) is 5.79. The highest BCUT2D eigenvalue weighted by molar-refractivity contribution is 7.89. The van der Waals surface area contributed by atoms with E-state index in [0.717, 1.165) is 24.2 Å². The highest BCUT2D eigenvalue weighted by Crippen LogP contribution is 2.41. The Hall–Kier alpha value is -0.780. The van der Waals surface area contributed by atoms with Crippen LogP contribution in [0.1, 0.15) is 31.4 Å². The molecule has 4 nitrogen and oxygen atoms in total. The topological polar surface area (TPSA) is 55.4 Å². The zero-order chi connectivity index (χ0) is 15.5. The number of hydrogen-bond donors (Lipinski definition) is 1. The summed E-state index contributed by atoms with van der Waals surface area (Å²) in [4.78, 5) is 0. The lowest BCUT2D eigenvalue weighted by atomic mass is 10.0. The first kappa shape index (κ1) is 16.6. The van der Waals surface area contributed by atoms with Gasteiger partial charge in [-0.05, 0) is 42.4 Å². The molecule has 1 aliphatic carbocycles. The summed E-state index contributed by atoms with van der Waals surface area (Å²) < 4.78 is 32.5. The second kappa shape index (κ2) is 6.99. The number of methoxy groups -OCH3 is 1. The van der Waals surface area contributed by atoms with Crippen molar-refractivity contribution >= 4 is 21.6 Å². The molecule has 118 valence electrons. The summed E-state index contributed by atoms with van der Waals surface area (Å²) in [6, 6.07) is 7.43. The molecular weight excluding hydrogens is 310 g/mol. The molecule has 0 bridgehead atoms. The van der Waals surface area contributed by atoms with Crippen molar-refractivity contribution in [2.24, 2.45) is 11.8 Å². The molecule has 0 amide bonds. The molecule has 21 heavy (non-hydrogen) atoms. The van der Waals surface area contributed by atoms with Crippen LogP contribution in [0.25, 0.3) is 0 Å². The monoisotopic (exact) mass is 331 g/mol. The lowest BCUT2D eigenvalue weighted by Gasteiger charge is -2.20. The van der Waals surface area contributed by atoms with Crippen LogP contribution in [0.3, 0.4) is 0 Å². The van der Waals surface area contributed by atoms with Gasteiger partial charge in [0.2, 0.25) is 10.0 Å². The summed E-state index contributed by atoms with van der Waals surface area (Å²) in [7, 11) is -1.71. The van der Waals surface area contributed by atoms with Crippen LogP contribution in [-0.2, 0) is 10.0 Å². The van der Waals surface area contributed by atoms with E-state index in [9.17, 15) is 8.42 Å². The Labute approximate surface area is 131 Å². The molecule has 0 spiro atoms. The standard InChI is InChI=1S/C15H22ClNO3S/c1-11(9-16)10-21(18,19)17-15(12-3-4-12)13-5-7-14(20-2)8-6-13/h5-8,11-12,15,17H,3-4,9-10H2,1-2H3. The van der Waals surface area contributed by atoms with Crippen LogP contribution in [0.5, 0.6) is 5.75 Å². The number of rotatable bonds is 8. The fourth-order valence-corrected chi connectivity index (χ4v) is 4.26. The Bertz CT molecular complexity index is 555. The average Bonchev–Trinajstić information content (AvgIpc) is 3.29. The Morgan fingerprint density at radius 2 is 1.95 bits per heavy atom. The number of alkyl halides is 1. The maximum atomic E-state index is 12.2. The molecule has 0 aromatic heterocycles. The van der Waals surface area contributed by atoms with Crippen molar-refractivity contribution in [2.45, 2.75) is 25.8 Å². The predicted octanol–water partition coefficient (Wildman–Crippen LogP) is 2.94. The van der Waals surface area contributed by atoms with Gasteiger partial charge in [0.15, 0.2) is 0 Å². The first-order valence-electron chi connectivity index (χ1n) is 7.15. The fourth-order valence-electron chi connectivity index (χ4n) is 2.34. The van der Waals surface area contributed by atoms with E-state index in [1.54, 1.807) is 7.11 Å². The minimum absolute atomic E-state index is 0.0557. The van der Waals surface area contributed by atoms with Crippen LogP contribution < -0.4 is 9.46 Å². The zero-order valence-electron chi connectivity index (χ0n) is 12.4. The fraction of sp³-hybridized carbons (Fsp3) is 0.600. The van der Waals surface area contributed by atoms with E-state index in [-0.39, 0.29) is 17.7 Å². The molecule has 1 saturated carbocycles. The SMILES string of the molecule is COc1ccc(C(NS(=O)(=O)CC(C)CCl)C2CC2)cc1. The molecule has 1 N–H and O–H groups in total. The van der Waals surface area contributed by atoms with Gasteiger partial charge in [-0.15, -0.1) is 11.6 Å². The minimum atomic E-state index is -3.33. The quantitative estimate of drug-likeness (QED) is 0.745. The van der Waals surface area contributed by atoms with Crippen LogP contribution in [0.4, 0.5) is 0 Å². The summed E-state index contributed by atoms with van der Waals surface area (Å²) in [5.74, 6) is 1.51.